The summed E-state index contributed by atoms with van der Waals surface area (Å²) < 4.78 is 66.9. The third-order valence-electron chi connectivity index (χ3n) is 6.71. The lowest BCUT2D eigenvalue weighted by Gasteiger charge is -2.22. The van der Waals surface area contributed by atoms with Gasteiger partial charge in [0.2, 0.25) is 5.82 Å². The average molecular weight is 570 g/mol. The molecule has 8 nitrogen and oxygen atoms in total. The summed E-state index contributed by atoms with van der Waals surface area (Å²) >= 11 is 0. The molecule has 2 aromatic heterocycles. The molecule has 1 atom stereocenters. The molecule has 12 heteroatoms. The summed E-state index contributed by atoms with van der Waals surface area (Å²) in [7, 11) is 0. The van der Waals surface area contributed by atoms with Crippen LogP contribution >= 0.6 is 0 Å². The predicted molar refractivity (Wildman–Crippen MR) is 142 cm³/mol. The number of hydrogen-bond donors (Lipinski definition) is 2. The number of halogens is 4. The van der Waals surface area contributed by atoms with E-state index in [9.17, 15) is 22.4 Å². The Hall–Kier alpha value is -4.32. The number of aromatic amines is 1. The summed E-state index contributed by atoms with van der Waals surface area (Å²) in [5.74, 6) is -0.431. The number of benzene rings is 2. The molecule has 1 aliphatic heterocycles. The number of alkyl halides is 3. The third-order valence-corrected chi connectivity index (χ3v) is 6.71. The number of aromatic nitrogens is 4. The standard InChI is InChI=1S/C29H27F4N5O3/c30-24-6-2-1-5-20(24)15-26-35-27(38-37-26)28(39)36-25-14-19(9-11-34-25)22-16-21(7-8-23(22)29(31,32)33)41-13-10-18-4-3-12-40-17-18/h1-2,5-9,11,14,16,18H,3-4,10,12-13,15,17H2,(H,34,36,39)(H,35,37,38). The van der Waals surface area contributed by atoms with Gasteiger partial charge in [0.15, 0.2) is 0 Å². The maximum absolute atomic E-state index is 13.9. The van der Waals surface area contributed by atoms with Crippen LogP contribution < -0.4 is 10.1 Å². The number of nitrogens with one attached hydrogen (secondary N) is 2. The summed E-state index contributed by atoms with van der Waals surface area (Å²) in [5, 5.41) is 8.97. The van der Waals surface area contributed by atoms with Gasteiger partial charge in [0.05, 0.1) is 12.2 Å². The minimum Gasteiger partial charge on any atom is -0.494 e. The molecule has 0 aliphatic carbocycles. The first-order valence-electron chi connectivity index (χ1n) is 13.1. The van der Waals surface area contributed by atoms with Crippen LogP contribution in [0.2, 0.25) is 0 Å². The Morgan fingerprint density at radius 2 is 2.00 bits per heavy atom. The number of carbonyl (C=O) groups excluding carboxylic acids is 1. The van der Waals surface area contributed by atoms with Crippen LogP contribution in [-0.2, 0) is 17.3 Å². The zero-order chi connectivity index (χ0) is 28.8. The van der Waals surface area contributed by atoms with Crippen LogP contribution in [0.1, 0.15) is 46.8 Å². The SMILES string of the molecule is O=C(Nc1cc(-c2cc(OCCC3CCCOC3)ccc2C(F)(F)F)ccn1)c1n[nH]c(Cc2ccccc2F)n1. The Morgan fingerprint density at radius 3 is 2.78 bits per heavy atom. The molecule has 214 valence electrons. The Bertz CT molecular complexity index is 1500. The van der Waals surface area contributed by atoms with Gasteiger partial charge in [0.1, 0.15) is 23.2 Å². The van der Waals surface area contributed by atoms with Crippen LogP contribution in [0.5, 0.6) is 5.75 Å². The van der Waals surface area contributed by atoms with Crippen LogP contribution in [0, 0.1) is 11.7 Å². The van der Waals surface area contributed by atoms with Crippen molar-refractivity contribution >= 4 is 11.7 Å². The van der Waals surface area contributed by atoms with Crippen molar-refractivity contribution < 1.29 is 31.8 Å². The monoisotopic (exact) mass is 569 g/mol. The number of pyridine rings is 1. The van der Waals surface area contributed by atoms with Crippen LogP contribution in [0.15, 0.2) is 60.8 Å². The fraction of sp³-hybridized carbons (Fsp3) is 0.310. The van der Waals surface area contributed by atoms with Crippen molar-refractivity contribution in [2.45, 2.75) is 31.9 Å². The van der Waals surface area contributed by atoms with Crippen LogP contribution in [0.4, 0.5) is 23.4 Å². The smallest absolute Gasteiger partial charge is 0.417 e. The van der Waals surface area contributed by atoms with Crippen molar-refractivity contribution in [3.8, 4) is 16.9 Å². The minimum absolute atomic E-state index is 0.00435. The van der Waals surface area contributed by atoms with Gasteiger partial charge in [-0.3, -0.25) is 9.89 Å². The second-order valence-corrected chi connectivity index (χ2v) is 9.68. The van der Waals surface area contributed by atoms with Crippen molar-refractivity contribution in [3.05, 3.63) is 89.4 Å². The highest BCUT2D eigenvalue weighted by atomic mass is 19.4. The number of hydrogen-bond acceptors (Lipinski definition) is 6. The maximum atomic E-state index is 13.9. The third kappa shape index (κ3) is 7.26. The fourth-order valence-electron chi connectivity index (χ4n) is 4.61. The number of nitrogens with zero attached hydrogens (tertiary/aromatic N) is 3. The number of ether oxygens (including phenoxy) is 2. The number of anilines is 1. The van der Waals surface area contributed by atoms with E-state index in [2.05, 4.69) is 25.5 Å². The molecule has 1 aliphatic rings. The molecule has 1 amide bonds. The lowest BCUT2D eigenvalue weighted by atomic mass is 9.99. The molecule has 2 N–H and O–H groups in total. The molecule has 2 aromatic carbocycles. The zero-order valence-corrected chi connectivity index (χ0v) is 21.9. The van der Waals surface area contributed by atoms with Crippen LogP contribution in [0.3, 0.4) is 0 Å². The second kappa shape index (κ2) is 12.5. The molecule has 0 bridgehead atoms. The Balaban J connectivity index is 1.30. The largest absolute Gasteiger partial charge is 0.494 e. The number of H-pyrrole nitrogens is 1. The van der Waals surface area contributed by atoms with E-state index in [0.717, 1.165) is 31.9 Å². The molecular weight excluding hydrogens is 542 g/mol. The highest BCUT2D eigenvalue weighted by Gasteiger charge is 2.34. The highest BCUT2D eigenvalue weighted by Crippen LogP contribution is 2.39. The lowest BCUT2D eigenvalue weighted by molar-refractivity contribution is -0.137. The molecule has 0 radical (unpaired) electrons. The van der Waals surface area contributed by atoms with E-state index in [4.69, 9.17) is 9.47 Å². The summed E-state index contributed by atoms with van der Waals surface area (Å²) in [6.45, 7) is 1.77. The highest BCUT2D eigenvalue weighted by molar-refractivity contribution is 6.01. The molecule has 1 fully saturated rings. The lowest BCUT2D eigenvalue weighted by Crippen LogP contribution is -2.19. The molecule has 0 spiro atoms. The van der Waals surface area contributed by atoms with E-state index in [-0.39, 0.29) is 35.0 Å². The van der Waals surface area contributed by atoms with Gasteiger partial charge in [-0.1, -0.05) is 18.2 Å². The Kier molecular flexibility index (Phi) is 8.58. The van der Waals surface area contributed by atoms with Gasteiger partial charge in [-0.05, 0) is 78.3 Å². The Morgan fingerprint density at radius 1 is 1.15 bits per heavy atom. The maximum Gasteiger partial charge on any atom is 0.417 e. The molecule has 3 heterocycles. The van der Waals surface area contributed by atoms with Crippen LogP contribution in [-0.4, -0.2) is 45.9 Å². The van der Waals surface area contributed by atoms with Crippen molar-refractivity contribution in [2.75, 3.05) is 25.1 Å². The fourth-order valence-corrected chi connectivity index (χ4v) is 4.61. The van der Waals surface area contributed by atoms with Crippen molar-refractivity contribution in [3.63, 3.8) is 0 Å². The van der Waals surface area contributed by atoms with Gasteiger partial charge in [-0.25, -0.2) is 14.4 Å². The summed E-state index contributed by atoms with van der Waals surface area (Å²) in [6, 6.07) is 12.5. The first kappa shape index (κ1) is 28.2. The zero-order valence-electron chi connectivity index (χ0n) is 21.9. The quantitative estimate of drug-likeness (QED) is 0.238. The van der Waals surface area contributed by atoms with E-state index in [0.29, 0.717) is 30.4 Å². The molecule has 41 heavy (non-hydrogen) atoms. The van der Waals surface area contributed by atoms with Gasteiger partial charge in [-0.15, -0.1) is 5.10 Å². The molecule has 0 saturated carbocycles. The van der Waals surface area contributed by atoms with E-state index >= 15 is 0 Å². The van der Waals surface area contributed by atoms with Gasteiger partial charge in [0.25, 0.3) is 5.91 Å². The molecule has 5 rings (SSSR count). The first-order chi connectivity index (χ1) is 19.8. The summed E-state index contributed by atoms with van der Waals surface area (Å²) in [4.78, 5) is 20.9. The van der Waals surface area contributed by atoms with Crippen molar-refractivity contribution in [1.29, 1.82) is 0 Å². The van der Waals surface area contributed by atoms with Crippen molar-refractivity contribution in [1.82, 2.24) is 20.2 Å². The van der Waals surface area contributed by atoms with Gasteiger partial charge < -0.3 is 14.8 Å². The Labute approximate surface area is 233 Å². The van der Waals surface area contributed by atoms with Gasteiger partial charge in [-0.2, -0.15) is 13.2 Å². The molecule has 1 unspecified atom stereocenters. The predicted octanol–water partition coefficient (Wildman–Crippen LogP) is 6.06. The minimum atomic E-state index is -4.62. The summed E-state index contributed by atoms with van der Waals surface area (Å²) in [5.41, 5.74) is -0.400. The van der Waals surface area contributed by atoms with E-state index in [1.807, 2.05) is 0 Å². The molecule has 1 saturated heterocycles. The number of amides is 1. The second-order valence-electron chi connectivity index (χ2n) is 9.68. The summed E-state index contributed by atoms with van der Waals surface area (Å²) in [6.07, 6.45) is -0.468. The first-order valence-corrected chi connectivity index (χ1v) is 13.1. The molecular formula is C29H27F4N5O3. The number of carbonyl (C=O) groups is 1. The molecule has 4 aromatic rings. The van der Waals surface area contributed by atoms with E-state index in [1.165, 1.54) is 36.5 Å². The number of rotatable bonds is 9. The average Bonchev–Trinajstić information content (AvgIpc) is 3.43. The van der Waals surface area contributed by atoms with E-state index in [1.54, 1.807) is 18.2 Å². The van der Waals surface area contributed by atoms with Gasteiger partial charge in [0, 0.05) is 25.8 Å². The van der Waals surface area contributed by atoms with Crippen LogP contribution in [0.25, 0.3) is 11.1 Å². The van der Waals surface area contributed by atoms with E-state index < -0.39 is 23.5 Å². The topological polar surface area (TPSA) is 102 Å². The van der Waals surface area contributed by atoms with Crippen molar-refractivity contribution in [2.24, 2.45) is 5.92 Å². The van der Waals surface area contributed by atoms with Gasteiger partial charge >= 0.3 is 6.18 Å². The normalized spacial score (nSPS) is 15.5.